The number of rotatable bonds is 2. The Morgan fingerprint density at radius 1 is 1.25 bits per heavy atom. The van der Waals surface area contributed by atoms with Crippen LogP contribution in [0.4, 0.5) is 10.1 Å². The molecular formula is C16H15ClFNO. The van der Waals surface area contributed by atoms with Gasteiger partial charge in [-0.3, -0.25) is 0 Å². The minimum Gasteiger partial charge on any atom is -0.388 e. The summed E-state index contributed by atoms with van der Waals surface area (Å²) in [5.41, 5.74) is 2.85. The zero-order chi connectivity index (χ0) is 14.1. The van der Waals surface area contributed by atoms with E-state index in [1.54, 1.807) is 6.07 Å². The van der Waals surface area contributed by atoms with Crippen LogP contribution in [0.15, 0.2) is 42.5 Å². The second kappa shape index (κ2) is 5.43. The Labute approximate surface area is 122 Å². The van der Waals surface area contributed by atoms with Gasteiger partial charge < -0.3 is 10.0 Å². The average Bonchev–Trinajstić information content (AvgIpc) is 2.45. The van der Waals surface area contributed by atoms with Gasteiger partial charge in [0.15, 0.2) is 0 Å². The predicted octanol–water partition coefficient (Wildman–Crippen LogP) is 3.92. The molecule has 3 rings (SSSR count). The fourth-order valence-corrected chi connectivity index (χ4v) is 2.86. The molecule has 0 aromatic heterocycles. The highest BCUT2D eigenvalue weighted by Crippen LogP contribution is 2.34. The van der Waals surface area contributed by atoms with Gasteiger partial charge in [-0.15, -0.1) is 0 Å². The number of benzene rings is 2. The first-order valence-electron chi connectivity index (χ1n) is 6.61. The molecule has 0 bridgehead atoms. The van der Waals surface area contributed by atoms with E-state index in [9.17, 15) is 9.50 Å². The Morgan fingerprint density at radius 2 is 2.05 bits per heavy atom. The van der Waals surface area contributed by atoms with Crippen molar-refractivity contribution in [2.45, 2.75) is 19.1 Å². The fourth-order valence-electron chi connectivity index (χ4n) is 2.63. The Balaban J connectivity index is 1.90. The monoisotopic (exact) mass is 291 g/mol. The summed E-state index contributed by atoms with van der Waals surface area (Å²) in [5, 5.41) is 10.5. The molecule has 0 radical (unpaired) electrons. The van der Waals surface area contributed by atoms with Crippen molar-refractivity contribution >= 4 is 17.3 Å². The van der Waals surface area contributed by atoms with Gasteiger partial charge in [-0.25, -0.2) is 4.39 Å². The SMILES string of the molecule is OC1CCN(Cc2ccc(F)cc2Cl)c2ccccc21. The van der Waals surface area contributed by atoms with Crippen molar-refractivity contribution in [3.63, 3.8) is 0 Å². The second-order valence-corrected chi connectivity index (χ2v) is 5.43. The van der Waals surface area contributed by atoms with E-state index in [1.807, 2.05) is 24.3 Å². The molecule has 104 valence electrons. The quantitative estimate of drug-likeness (QED) is 0.906. The minimum atomic E-state index is -0.411. The van der Waals surface area contributed by atoms with Crippen molar-refractivity contribution < 1.29 is 9.50 Å². The van der Waals surface area contributed by atoms with E-state index in [0.717, 1.165) is 23.4 Å². The summed E-state index contributed by atoms with van der Waals surface area (Å²) in [6, 6.07) is 12.3. The molecule has 0 saturated carbocycles. The van der Waals surface area contributed by atoms with E-state index in [4.69, 9.17) is 11.6 Å². The molecular weight excluding hydrogens is 277 g/mol. The third-order valence-corrected chi connectivity index (χ3v) is 4.04. The molecule has 1 aliphatic rings. The molecule has 2 aromatic carbocycles. The van der Waals surface area contributed by atoms with Gasteiger partial charge >= 0.3 is 0 Å². The van der Waals surface area contributed by atoms with Crippen molar-refractivity contribution in [1.29, 1.82) is 0 Å². The maximum Gasteiger partial charge on any atom is 0.124 e. The number of nitrogens with zero attached hydrogens (tertiary/aromatic N) is 1. The van der Waals surface area contributed by atoms with Crippen LogP contribution in [0, 0.1) is 5.82 Å². The summed E-state index contributed by atoms with van der Waals surface area (Å²) in [4.78, 5) is 2.17. The van der Waals surface area contributed by atoms with Crippen molar-refractivity contribution in [2.24, 2.45) is 0 Å². The standard InChI is InChI=1S/C16H15ClFNO/c17-14-9-12(18)6-5-11(14)10-19-8-7-16(20)13-3-1-2-4-15(13)19/h1-6,9,16,20H,7-8,10H2. The van der Waals surface area contributed by atoms with Crippen molar-refractivity contribution in [3.8, 4) is 0 Å². The smallest absolute Gasteiger partial charge is 0.124 e. The van der Waals surface area contributed by atoms with Crippen LogP contribution < -0.4 is 4.90 Å². The maximum atomic E-state index is 13.1. The molecule has 0 saturated heterocycles. The molecule has 0 fully saturated rings. The van der Waals surface area contributed by atoms with Gasteiger partial charge in [0.2, 0.25) is 0 Å². The number of hydrogen-bond acceptors (Lipinski definition) is 2. The van der Waals surface area contributed by atoms with Gasteiger partial charge in [0, 0.05) is 29.4 Å². The van der Waals surface area contributed by atoms with Gasteiger partial charge in [-0.1, -0.05) is 35.9 Å². The summed E-state index contributed by atoms with van der Waals surface area (Å²) in [6.45, 7) is 1.37. The predicted molar refractivity (Wildman–Crippen MR) is 78.5 cm³/mol. The number of aliphatic hydroxyl groups excluding tert-OH is 1. The molecule has 1 N–H and O–H groups in total. The van der Waals surface area contributed by atoms with E-state index < -0.39 is 6.10 Å². The third-order valence-electron chi connectivity index (χ3n) is 3.69. The molecule has 0 amide bonds. The highest BCUT2D eigenvalue weighted by molar-refractivity contribution is 6.31. The number of aliphatic hydroxyl groups is 1. The summed E-state index contributed by atoms with van der Waals surface area (Å²) >= 11 is 6.09. The first kappa shape index (κ1) is 13.4. The van der Waals surface area contributed by atoms with Crippen LogP contribution in [0.1, 0.15) is 23.7 Å². The lowest BCUT2D eigenvalue weighted by Crippen LogP contribution is -2.30. The van der Waals surface area contributed by atoms with Crippen LogP contribution in [-0.2, 0) is 6.54 Å². The summed E-state index contributed by atoms with van der Waals surface area (Å²) < 4.78 is 13.1. The largest absolute Gasteiger partial charge is 0.388 e. The number of anilines is 1. The zero-order valence-electron chi connectivity index (χ0n) is 10.9. The van der Waals surface area contributed by atoms with Crippen LogP contribution in [0.5, 0.6) is 0 Å². The Morgan fingerprint density at radius 3 is 2.85 bits per heavy atom. The second-order valence-electron chi connectivity index (χ2n) is 5.02. The van der Waals surface area contributed by atoms with Gasteiger partial charge in [0.25, 0.3) is 0 Å². The van der Waals surface area contributed by atoms with Gasteiger partial charge in [-0.2, -0.15) is 0 Å². The van der Waals surface area contributed by atoms with Crippen molar-refractivity contribution in [1.82, 2.24) is 0 Å². The highest BCUT2D eigenvalue weighted by atomic mass is 35.5. The maximum absolute atomic E-state index is 13.1. The molecule has 2 nitrogen and oxygen atoms in total. The lowest BCUT2D eigenvalue weighted by molar-refractivity contribution is 0.164. The summed E-state index contributed by atoms with van der Waals surface area (Å²) in [7, 11) is 0. The lowest BCUT2D eigenvalue weighted by Gasteiger charge is -2.34. The molecule has 1 heterocycles. The van der Waals surface area contributed by atoms with Crippen LogP contribution in [0.2, 0.25) is 5.02 Å². The Hall–Kier alpha value is -1.58. The number of hydrogen-bond donors (Lipinski definition) is 1. The van der Waals surface area contributed by atoms with E-state index in [0.29, 0.717) is 18.0 Å². The first-order chi connectivity index (χ1) is 9.65. The van der Waals surface area contributed by atoms with Crippen molar-refractivity contribution in [3.05, 3.63) is 64.4 Å². The van der Waals surface area contributed by atoms with E-state index in [-0.39, 0.29) is 5.82 Å². The van der Waals surface area contributed by atoms with Crippen LogP contribution in [-0.4, -0.2) is 11.7 Å². The van der Waals surface area contributed by atoms with E-state index in [1.165, 1.54) is 12.1 Å². The molecule has 0 spiro atoms. The Bertz CT molecular complexity index is 632. The number of para-hydroxylation sites is 1. The Kier molecular flexibility index (Phi) is 3.64. The van der Waals surface area contributed by atoms with Crippen LogP contribution >= 0.6 is 11.6 Å². The van der Waals surface area contributed by atoms with Gasteiger partial charge in [-0.05, 0) is 30.2 Å². The molecule has 1 unspecified atom stereocenters. The normalized spacial score (nSPS) is 17.9. The van der Waals surface area contributed by atoms with Crippen molar-refractivity contribution in [2.75, 3.05) is 11.4 Å². The van der Waals surface area contributed by atoms with Crippen LogP contribution in [0.25, 0.3) is 0 Å². The number of fused-ring (bicyclic) bond motifs is 1. The van der Waals surface area contributed by atoms with Gasteiger partial charge in [0.05, 0.1) is 6.10 Å². The first-order valence-corrected chi connectivity index (χ1v) is 6.99. The van der Waals surface area contributed by atoms with E-state index in [2.05, 4.69) is 4.90 Å². The highest BCUT2D eigenvalue weighted by Gasteiger charge is 2.23. The fraction of sp³-hybridized carbons (Fsp3) is 0.250. The topological polar surface area (TPSA) is 23.5 Å². The molecule has 1 atom stereocenters. The molecule has 2 aromatic rings. The van der Waals surface area contributed by atoms with Gasteiger partial charge in [0.1, 0.15) is 5.82 Å². The summed E-state index contributed by atoms with van der Waals surface area (Å²) in [6.07, 6.45) is 0.279. The summed E-state index contributed by atoms with van der Waals surface area (Å²) in [5.74, 6) is -0.326. The molecule has 4 heteroatoms. The van der Waals surface area contributed by atoms with Crippen LogP contribution in [0.3, 0.4) is 0 Å². The molecule has 0 aliphatic carbocycles. The number of halogens is 2. The third kappa shape index (κ3) is 2.51. The zero-order valence-corrected chi connectivity index (χ0v) is 11.6. The lowest BCUT2D eigenvalue weighted by atomic mass is 9.98. The minimum absolute atomic E-state index is 0.326. The van der Waals surface area contributed by atoms with E-state index >= 15 is 0 Å². The molecule has 20 heavy (non-hydrogen) atoms. The average molecular weight is 292 g/mol. The molecule has 1 aliphatic heterocycles.